The Morgan fingerprint density at radius 2 is 1.82 bits per heavy atom. The van der Waals surface area contributed by atoms with Crippen LogP contribution in [0.15, 0.2) is 47.3 Å². The Morgan fingerprint density at radius 1 is 1.11 bits per heavy atom. The van der Waals surface area contributed by atoms with Crippen molar-refractivity contribution in [2.45, 2.75) is 19.9 Å². The van der Waals surface area contributed by atoms with Crippen molar-refractivity contribution >= 4 is 44.8 Å². The molecule has 146 valence electrons. The molecule has 3 aromatic rings. The summed E-state index contributed by atoms with van der Waals surface area (Å²) >= 11 is 7.51. The second kappa shape index (κ2) is 7.60. The van der Waals surface area contributed by atoms with Gasteiger partial charge < -0.3 is 9.80 Å². The third kappa shape index (κ3) is 3.42. The van der Waals surface area contributed by atoms with Crippen molar-refractivity contribution in [2.24, 2.45) is 0 Å². The van der Waals surface area contributed by atoms with Gasteiger partial charge in [-0.2, -0.15) is 0 Å². The smallest absolute Gasteiger partial charge is 0.269 e. The highest BCUT2D eigenvalue weighted by Gasteiger charge is 2.28. The monoisotopic (exact) mass is 415 g/mol. The standard InChI is InChI=1S/C21H22ClN3O2S/c1-14-7-8-16(22)13-18(14)23-9-11-24(12-10-23)20(26)15(2)25-21(27)17-5-3-4-6-19(17)28-25/h3-8,13,15H,9-12H2,1-2H3/t15-/m0/s1. The van der Waals surface area contributed by atoms with E-state index in [-0.39, 0.29) is 11.5 Å². The summed E-state index contributed by atoms with van der Waals surface area (Å²) in [6.07, 6.45) is 0. The number of benzene rings is 2. The Labute approximate surface area is 172 Å². The molecule has 5 nitrogen and oxygen atoms in total. The molecule has 0 aliphatic carbocycles. The van der Waals surface area contributed by atoms with Crippen LogP contribution in [0.5, 0.6) is 0 Å². The summed E-state index contributed by atoms with van der Waals surface area (Å²) in [6.45, 7) is 6.65. The van der Waals surface area contributed by atoms with Crippen molar-refractivity contribution in [1.82, 2.24) is 8.86 Å². The molecule has 1 fully saturated rings. The fourth-order valence-electron chi connectivity index (χ4n) is 3.70. The minimum absolute atomic E-state index is 0.00359. The number of rotatable bonds is 3. The molecular formula is C21H22ClN3O2S. The van der Waals surface area contributed by atoms with Gasteiger partial charge in [0.25, 0.3) is 5.56 Å². The number of amides is 1. The largest absolute Gasteiger partial charge is 0.368 e. The number of hydrogen-bond acceptors (Lipinski definition) is 4. The number of carbonyl (C=O) groups excluding carboxylic acids is 1. The van der Waals surface area contributed by atoms with Crippen LogP contribution in [0.2, 0.25) is 5.02 Å². The lowest BCUT2D eigenvalue weighted by Crippen LogP contribution is -2.50. The van der Waals surface area contributed by atoms with Crippen molar-refractivity contribution in [1.29, 1.82) is 0 Å². The summed E-state index contributed by atoms with van der Waals surface area (Å²) in [7, 11) is 0. The third-order valence-electron chi connectivity index (χ3n) is 5.33. The van der Waals surface area contributed by atoms with E-state index in [9.17, 15) is 9.59 Å². The van der Waals surface area contributed by atoms with E-state index in [4.69, 9.17) is 11.6 Å². The van der Waals surface area contributed by atoms with E-state index < -0.39 is 6.04 Å². The molecule has 1 amide bonds. The summed E-state index contributed by atoms with van der Waals surface area (Å²) in [6, 6.07) is 12.9. The first kappa shape index (κ1) is 19.0. The van der Waals surface area contributed by atoms with Gasteiger partial charge in [-0.1, -0.05) is 41.3 Å². The van der Waals surface area contributed by atoms with E-state index in [0.717, 1.165) is 28.5 Å². The van der Waals surface area contributed by atoms with Crippen molar-refractivity contribution in [2.75, 3.05) is 31.1 Å². The van der Waals surface area contributed by atoms with Crippen LogP contribution < -0.4 is 10.5 Å². The van der Waals surface area contributed by atoms with Crippen LogP contribution >= 0.6 is 23.1 Å². The average molecular weight is 416 g/mol. The van der Waals surface area contributed by atoms with Gasteiger partial charge in [0.15, 0.2) is 0 Å². The van der Waals surface area contributed by atoms with Gasteiger partial charge in [-0.25, -0.2) is 0 Å². The Morgan fingerprint density at radius 3 is 2.54 bits per heavy atom. The molecule has 4 rings (SSSR count). The van der Waals surface area contributed by atoms with Crippen LogP contribution in [0.3, 0.4) is 0 Å². The number of hydrogen-bond donors (Lipinski definition) is 0. The number of piperazine rings is 1. The van der Waals surface area contributed by atoms with E-state index in [0.29, 0.717) is 18.5 Å². The van der Waals surface area contributed by atoms with Crippen molar-refractivity contribution in [3.05, 3.63) is 63.4 Å². The first-order valence-electron chi connectivity index (χ1n) is 9.36. The normalized spacial score (nSPS) is 15.8. The molecule has 1 atom stereocenters. The second-order valence-corrected chi connectivity index (χ2v) is 8.59. The average Bonchev–Trinajstić information content (AvgIpc) is 3.06. The Kier molecular flexibility index (Phi) is 5.17. The van der Waals surface area contributed by atoms with Gasteiger partial charge >= 0.3 is 0 Å². The SMILES string of the molecule is Cc1ccc(Cl)cc1N1CCN(C(=O)[C@H](C)n2sc3ccccc3c2=O)CC1. The van der Waals surface area contributed by atoms with Crippen LogP contribution in [0.25, 0.3) is 10.1 Å². The molecule has 0 unspecified atom stereocenters. The molecule has 1 saturated heterocycles. The number of nitrogens with zero attached hydrogens (tertiary/aromatic N) is 3. The Balaban J connectivity index is 1.48. The molecule has 2 heterocycles. The van der Waals surface area contributed by atoms with Gasteiger partial charge in [-0.05, 0) is 43.7 Å². The molecule has 1 aromatic heterocycles. The predicted octanol–water partition coefficient (Wildman–Crippen LogP) is 3.93. The predicted molar refractivity (Wildman–Crippen MR) is 116 cm³/mol. The highest BCUT2D eigenvalue weighted by Crippen LogP contribution is 2.26. The van der Waals surface area contributed by atoms with Crippen LogP contribution in [0.1, 0.15) is 18.5 Å². The number of fused-ring (bicyclic) bond motifs is 1. The lowest BCUT2D eigenvalue weighted by Gasteiger charge is -2.37. The molecular weight excluding hydrogens is 394 g/mol. The molecule has 2 aromatic carbocycles. The zero-order chi connectivity index (χ0) is 19.8. The molecule has 0 saturated carbocycles. The first-order valence-corrected chi connectivity index (χ1v) is 10.5. The van der Waals surface area contributed by atoms with Gasteiger partial charge in [0.2, 0.25) is 5.91 Å². The van der Waals surface area contributed by atoms with Crippen molar-refractivity contribution < 1.29 is 4.79 Å². The zero-order valence-corrected chi connectivity index (χ0v) is 17.5. The van der Waals surface area contributed by atoms with E-state index in [2.05, 4.69) is 11.8 Å². The molecule has 0 N–H and O–H groups in total. The summed E-state index contributed by atoms with van der Waals surface area (Å²) in [5, 5.41) is 1.39. The molecule has 1 aliphatic heterocycles. The maximum absolute atomic E-state index is 13.0. The van der Waals surface area contributed by atoms with Gasteiger partial charge in [0.05, 0.1) is 10.1 Å². The maximum Gasteiger partial charge on any atom is 0.269 e. The molecule has 7 heteroatoms. The zero-order valence-electron chi connectivity index (χ0n) is 15.9. The Hall–Kier alpha value is -2.31. The Bertz CT molecular complexity index is 1080. The molecule has 0 bridgehead atoms. The summed E-state index contributed by atoms with van der Waals surface area (Å²) in [5.74, 6) is -0.00359. The van der Waals surface area contributed by atoms with E-state index in [1.54, 1.807) is 3.96 Å². The van der Waals surface area contributed by atoms with Gasteiger partial charge in [0.1, 0.15) is 6.04 Å². The van der Waals surface area contributed by atoms with Gasteiger partial charge in [-0.3, -0.25) is 13.5 Å². The summed E-state index contributed by atoms with van der Waals surface area (Å²) < 4.78 is 2.51. The van der Waals surface area contributed by atoms with Crippen LogP contribution in [-0.4, -0.2) is 40.9 Å². The molecule has 1 aliphatic rings. The summed E-state index contributed by atoms with van der Waals surface area (Å²) in [5.41, 5.74) is 2.21. The van der Waals surface area contributed by atoms with Gasteiger partial charge in [0, 0.05) is 36.9 Å². The third-order valence-corrected chi connectivity index (χ3v) is 6.79. The number of carbonyl (C=O) groups is 1. The van der Waals surface area contributed by atoms with Crippen LogP contribution in [0.4, 0.5) is 5.69 Å². The minimum Gasteiger partial charge on any atom is -0.368 e. The van der Waals surface area contributed by atoms with Crippen molar-refractivity contribution in [3.8, 4) is 0 Å². The first-order chi connectivity index (χ1) is 13.5. The molecule has 0 radical (unpaired) electrons. The van der Waals surface area contributed by atoms with E-state index in [1.165, 1.54) is 17.1 Å². The topological polar surface area (TPSA) is 45.5 Å². The number of halogens is 1. The fourth-order valence-corrected chi connectivity index (χ4v) is 4.90. The lowest BCUT2D eigenvalue weighted by atomic mass is 10.1. The van der Waals surface area contributed by atoms with E-state index >= 15 is 0 Å². The van der Waals surface area contributed by atoms with Crippen LogP contribution in [0, 0.1) is 6.92 Å². The lowest BCUT2D eigenvalue weighted by molar-refractivity contribution is -0.134. The molecule has 28 heavy (non-hydrogen) atoms. The second-order valence-electron chi connectivity index (χ2n) is 7.14. The highest BCUT2D eigenvalue weighted by atomic mass is 35.5. The minimum atomic E-state index is -0.496. The van der Waals surface area contributed by atoms with Crippen LogP contribution in [-0.2, 0) is 4.79 Å². The van der Waals surface area contributed by atoms with Crippen molar-refractivity contribution in [3.63, 3.8) is 0 Å². The van der Waals surface area contributed by atoms with Gasteiger partial charge in [-0.15, -0.1) is 0 Å². The van der Waals surface area contributed by atoms with E-state index in [1.807, 2.05) is 54.3 Å². The fraction of sp³-hybridized carbons (Fsp3) is 0.333. The number of aryl methyl sites for hydroxylation is 1. The number of aromatic nitrogens is 1. The summed E-state index contributed by atoms with van der Waals surface area (Å²) in [4.78, 5) is 29.8. The highest BCUT2D eigenvalue weighted by molar-refractivity contribution is 7.14. The quantitative estimate of drug-likeness (QED) is 0.651. The number of anilines is 1. The molecule has 0 spiro atoms. The maximum atomic E-state index is 13.0.